The minimum Gasteiger partial charge on any atom is -0.449 e. The van der Waals surface area contributed by atoms with Gasteiger partial charge in [0.1, 0.15) is 6.61 Å². The molecule has 3 aromatic carbocycles. The average Bonchev–Trinajstić information content (AvgIpc) is 3.05. The summed E-state index contributed by atoms with van der Waals surface area (Å²) >= 11 is 0. The zero-order valence-electron chi connectivity index (χ0n) is 14.8. The zero-order valence-corrected chi connectivity index (χ0v) is 14.8. The molecule has 0 radical (unpaired) electrons. The van der Waals surface area contributed by atoms with Crippen molar-refractivity contribution in [3.05, 3.63) is 95.1 Å². The van der Waals surface area contributed by atoms with E-state index in [-0.39, 0.29) is 5.92 Å². The van der Waals surface area contributed by atoms with E-state index in [1.165, 1.54) is 22.3 Å². The lowest BCUT2D eigenvalue weighted by Crippen LogP contribution is -2.25. The van der Waals surface area contributed by atoms with E-state index >= 15 is 0 Å². The monoisotopic (exact) mass is 353 g/mol. The highest BCUT2D eigenvalue weighted by molar-refractivity contribution is 5.79. The highest BCUT2D eigenvalue weighted by Crippen LogP contribution is 2.44. The number of alkyl carbamates (subject to hydrolysis) is 1. The molecule has 0 heterocycles. The molecule has 132 valence electrons. The van der Waals surface area contributed by atoms with Gasteiger partial charge in [-0.1, -0.05) is 66.6 Å². The van der Waals surface area contributed by atoms with Crippen LogP contribution in [0.1, 0.15) is 28.2 Å². The third-order valence-corrected chi connectivity index (χ3v) is 4.90. The predicted molar refractivity (Wildman–Crippen MR) is 106 cm³/mol. The molecule has 0 unspecified atom stereocenters. The number of amides is 1. The third kappa shape index (κ3) is 3.43. The Bertz CT molecular complexity index is 970. The molecule has 0 spiro atoms. The quantitative estimate of drug-likeness (QED) is 0.690. The number of fused-ring (bicyclic) bond motifs is 3. The van der Waals surface area contributed by atoms with Crippen molar-refractivity contribution in [3.63, 3.8) is 0 Å². The van der Waals surface area contributed by atoms with Crippen molar-refractivity contribution < 1.29 is 9.53 Å². The van der Waals surface area contributed by atoms with Crippen LogP contribution < -0.4 is 5.32 Å². The topological polar surface area (TPSA) is 38.3 Å². The number of carbonyl (C=O) groups is 1. The van der Waals surface area contributed by atoms with Crippen LogP contribution in [0.5, 0.6) is 0 Å². The summed E-state index contributed by atoms with van der Waals surface area (Å²) in [6.45, 7) is 0.720. The van der Waals surface area contributed by atoms with Crippen LogP contribution in [-0.2, 0) is 11.3 Å². The lowest BCUT2D eigenvalue weighted by molar-refractivity contribution is 0.142. The second kappa shape index (κ2) is 7.39. The van der Waals surface area contributed by atoms with Crippen molar-refractivity contribution >= 4 is 6.09 Å². The molecule has 1 N–H and O–H groups in total. The number of carbonyl (C=O) groups excluding carboxylic acids is 1. The first-order valence-corrected chi connectivity index (χ1v) is 8.90. The maximum absolute atomic E-state index is 12.2. The van der Waals surface area contributed by atoms with Crippen molar-refractivity contribution in [1.82, 2.24) is 5.32 Å². The SMILES string of the molecule is C#Cc1ccc(CNC(=O)OCC2c3ccccc3-c3ccccc32)cc1. The Kier molecular flexibility index (Phi) is 4.63. The van der Waals surface area contributed by atoms with E-state index in [1.807, 2.05) is 48.5 Å². The second-order valence-electron chi connectivity index (χ2n) is 6.52. The maximum Gasteiger partial charge on any atom is 0.407 e. The summed E-state index contributed by atoms with van der Waals surface area (Å²) in [4.78, 5) is 12.2. The minimum absolute atomic E-state index is 0.0677. The smallest absolute Gasteiger partial charge is 0.407 e. The molecule has 3 aromatic rings. The van der Waals surface area contributed by atoms with Gasteiger partial charge in [-0.2, -0.15) is 0 Å². The summed E-state index contributed by atoms with van der Waals surface area (Å²) in [7, 11) is 0. The van der Waals surface area contributed by atoms with Crippen molar-refractivity contribution in [2.24, 2.45) is 0 Å². The first kappa shape index (κ1) is 16.9. The molecule has 4 rings (SSSR count). The maximum atomic E-state index is 12.2. The highest BCUT2D eigenvalue weighted by Gasteiger charge is 2.28. The van der Waals surface area contributed by atoms with E-state index in [1.54, 1.807) is 0 Å². The number of rotatable bonds is 4. The lowest BCUT2D eigenvalue weighted by atomic mass is 9.98. The molecule has 1 amide bonds. The van der Waals surface area contributed by atoms with Gasteiger partial charge in [0.2, 0.25) is 0 Å². The van der Waals surface area contributed by atoms with Gasteiger partial charge >= 0.3 is 6.09 Å². The molecular formula is C24H19NO2. The van der Waals surface area contributed by atoms with Gasteiger partial charge in [-0.15, -0.1) is 6.42 Å². The molecule has 1 aliphatic carbocycles. The van der Waals surface area contributed by atoms with Gasteiger partial charge in [0.05, 0.1) is 0 Å². The highest BCUT2D eigenvalue weighted by atomic mass is 16.5. The summed E-state index contributed by atoms with van der Waals surface area (Å²) in [5, 5.41) is 2.80. The van der Waals surface area contributed by atoms with E-state index in [4.69, 9.17) is 11.2 Å². The number of nitrogens with one attached hydrogen (secondary N) is 1. The van der Waals surface area contributed by atoms with Crippen LogP contribution in [0.2, 0.25) is 0 Å². The van der Waals surface area contributed by atoms with E-state index < -0.39 is 6.09 Å². The van der Waals surface area contributed by atoms with E-state index in [0.717, 1.165) is 11.1 Å². The average molecular weight is 353 g/mol. The Morgan fingerprint density at radius 1 is 0.926 bits per heavy atom. The second-order valence-corrected chi connectivity index (χ2v) is 6.52. The Balaban J connectivity index is 1.40. The van der Waals surface area contributed by atoms with Crippen LogP contribution in [0, 0.1) is 12.3 Å². The molecule has 0 fully saturated rings. The van der Waals surface area contributed by atoms with Crippen LogP contribution in [0.25, 0.3) is 11.1 Å². The fraction of sp³-hybridized carbons (Fsp3) is 0.125. The Morgan fingerprint density at radius 3 is 2.11 bits per heavy atom. The molecule has 0 bridgehead atoms. The Hall–Kier alpha value is -3.51. The van der Waals surface area contributed by atoms with Crippen LogP contribution in [0.3, 0.4) is 0 Å². The fourth-order valence-corrected chi connectivity index (χ4v) is 3.54. The van der Waals surface area contributed by atoms with Gasteiger partial charge in [0, 0.05) is 18.0 Å². The normalized spacial score (nSPS) is 12.0. The van der Waals surface area contributed by atoms with Crippen LogP contribution in [-0.4, -0.2) is 12.7 Å². The van der Waals surface area contributed by atoms with Crippen molar-refractivity contribution in [2.75, 3.05) is 6.61 Å². The van der Waals surface area contributed by atoms with Crippen molar-refractivity contribution in [1.29, 1.82) is 0 Å². The molecule has 3 nitrogen and oxygen atoms in total. The summed E-state index contributed by atoms with van der Waals surface area (Å²) < 4.78 is 5.52. The van der Waals surface area contributed by atoms with Crippen LogP contribution >= 0.6 is 0 Å². The van der Waals surface area contributed by atoms with Crippen molar-refractivity contribution in [2.45, 2.75) is 12.5 Å². The van der Waals surface area contributed by atoms with E-state index in [9.17, 15) is 4.79 Å². The van der Waals surface area contributed by atoms with Crippen LogP contribution in [0.4, 0.5) is 4.79 Å². The van der Waals surface area contributed by atoms with Gasteiger partial charge in [-0.05, 0) is 39.9 Å². The number of hydrogen-bond donors (Lipinski definition) is 1. The molecule has 0 saturated heterocycles. The van der Waals surface area contributed by atoms with Gasteiger partial charge in [-0.25, -0.2) is 4.79 Å². The number of terminal acetylenes is 1. The summed E-state index contributed by atoms with van der Waals surface area (Å²) in [6.07, 6.45) is 4.93. The largest absolute Gasteiger partial charge is 0.449 e. The lowest BCUT2D eigenvalue weighted by Gasteiger charge is -2.14. The Labute approximate surface area is 159 Å². The molecule has 0 saturated carbocycles. The van der Waals surface area contributed by atoms with Gasteiger partial charge in [0.15, 0.2) is 0 Å². The van der Waals surface area contributed by atoms with Gasteiger partial charge < -0.3 is 10.1 Å². The van der Waals surface area contributed by atoms with Gasteiger partial charge in [0.25, 0.3) is 0 Å². The van der Waals surface area contributed by atoms with Crippen molar-refractivity contribution in [3.8, 4) is 23.5 Å². The number of hydrogen-bond acceptors (Lipinski definition) is 2. The molecule has 0 aliphatic heterocycles. The molecule has 3 heteroatoms. The van der Waals surface area contributed by atoms with Crippen LogP contribution in [0.15, 0.2) is 72.8 Å². The summed E-state index contributed by atoms with van der Waals surface area (Å²) in [5.74, 6) is 2.64. The standard InChI is InChI=1S/C24H19NO2/c1-2-17-11-13-18(14-12-17)15-25-24(26)27-16-23-21-9-5-3-7-19(21)20-8-4-6-10-22(20)23/h1,3-14,23H,15-16H2,(H,25,26). The molecule has 0 aromatic heterocycles. The number of benzene rings is 3. The van der Waals surface area contributed by atoms with E-state index in [2.05, 4.69) is 35.5 Å². The zero-order chi connectivity index (χ0) is 18.6. The molecule has 0 atom stereocenters. The number of ether oxygens (including phenoxy) is 1. The molecule has 1 aliphatic rings. The Morgan fingerprint density at radius 2 is 1.52 bits per heavy atom. The minimum atomic E-state index is -0.419. The third-order valence-electron chi connectivity index (χ3n) is 4.90. The predicted octanol–water partition coefficient (Wildman–Crippen LogP) is 4.71. The molecular weight excluding hydrogens is 334 g/mol. The first-order valence-electron chi connectivity index (χ1n) is 8.90. The fourth-order valence-electron chi connectivity index (χ4n) is 3.54. The van der Waals surface area contributed by atoms with Gasteiger partial charge in [-0.3, -0.25) is 0 Å². The summed E-state index contributed by atoms with van der Waals surface area (Å²) in [5.41, 5.74) is 6.64. The first-order chi connectivity index (χ1) is 13.3. The molecule has 27 heavy (non-hydrogen) atoms. The summed E-state index contributed by atoms with van der Waals surface area (Å²) in [6, 6.07) is 24.1. The van der Waals surface area contributed by atoms with E-state index in [0.29, 0.717) is 13.2 Å².